The van der Waals surface area contributed by atoms with Gasteiger partial charge in [0.15, 0.2) is 0 Å². The van der Waals surface area contributed by atoms with E-state index in [4.69, 9.17) is 4.74 Å². The predicted molar refractivity (Wildman–Crippen MR) is 82.0 cm³/mol. The molecule has 1 fully saturated rings. The summed E-state index contributed by atoms with van der Waals surface area (Å²) in [5, 5.41) is 6.87. The van der Waals surface area contributed by atoms with E-state index in [-0.39, 0.29) is 11.8 Å². The molecule has 0 saturated carbocycles. The number of carbonyl (C=O) groups excluding carboxylic acids is 2. The maximum absolute atomic E-state index is 12.6. The molecule has 5 nitrogen and oxygen atoms in total. The first-order valence-electron chi connectivity index (χ1n) is 7.13. The zero-order valence-corrected chi connectivity index (χ0v) is 13.8. The smallest absolute Gasteiger partial charge is 0.429 e. The van der Waals surface area contributed by atoms with Crippen LogP contribution in [0.3, 0.4) is 0 Å². The van der Waals surface area contributed by atoms with Crippen LogP contribution in [0.25, 0.3) is 0 Å². The number of thiophene rings is 1. The molecule has 0 aliphatic carbocycles. The second-order valence-electron chi connectivity index (χ2n) is 6.20. The normalized spacial score (nSPS) is 17.0. The molecule has 2 heterocycles. The summed E-state index contributed by atoms with van der Waals surface area (Å²) in [6.07, 6.45) is 0.326. The van der Waals surface area contributed by atoms with Gasteiger partial charge in [-0.3, -0.25) is 4.79 Å². The molecule has 1 saturated heterocycles. The summed E-state index contributed by atoms with van der Waals surface area (Å²) < 4.78 is 5.37. The highest BCUT2D eigenvalue weighted by Crippen LogP contribution is 2.24. The molecule has 1 unspecified atom stereocenters. The van der Waals surface area contributed by atoms with Crippen molar-refractivity contribution in [3.8, 4) is 0 Å². The van der Waals surface area contributed by atoms with Gasteiger partial charge in [-0.2, -0.15) is 11.3 Å². The minimum absolute atomic E-state index is 0.0586. The van der Waals surface area contributed by atoms with Crippen LogP contribution in [0.5, 0.6) is 0 Å². The standard InChI is InChI=1S/C15H22N2O3S/c1-11(12-6-9-21-10-12)13(18)16-7-5-8-17(16)14(19)20-15(2,3)4/h6,9-11H,5,7-8H2,1-4H3. The maximum Gasteiger partial charge on any atom is 0.429 e. The second kappa shape index (κ2) is 6.05. The van der Waals surface area contributed by atoms with Crippen LogP contribution in [-0.4, -0.2) is 40.7 Å². The SMILES string of the molecule is CC(C(=O)N1CCCN1C(=O)OC(C)(C)C)c1ccsc1. The van der Waals surface area contributed by atoms with Gasteiger partial charge in [0.1, 0.15) is 5.60 Å². The molecule has 0 spiro atoms. The lowest BCUT2D eigenvalue weighted by Gasteiger charge is -2.31. The number of hydrazine groups is 1. The Balaban J connectivity index is 2.08. The first-order chi connectivity index (χ1) is 9.79. The lowest BCUT2D eigenvalue weighted by Crippen LogP contribution is -2.48. The molecule has 2 rings (SSSR count). The van der Waals surface area contributed by atoms with Gasteiger partial charge in [-0.15, -0.1) is 0 Å². The molecule has 1 aromatic heterocycles. The van der Waals surface area contributed by atoms with Gasteiger partial charge in [-0.05, 0) is 56.5 Å². The van der Waals surface area contributed by atoms with E-state index < -0.39 is 11.7 Å². The summed E-state index contributed by atoms with van der Waals surface area (Å²) in [6, 6.07) is 1.95. The summed E-state index contributed by atoms with van der Waals surface area (Å²) in [7, 11) is 0. The van der Waals surface area contributed by atoms with Gasteiger partial charge in [0.25, 0.3) is 0 Å². The number of rotatable bonds is 2. The lowest BCUT2D eigenvalue weighted by molar-refractivity contribution is -0.144. The molecule has 1 atom stereocenters. The number of hydrogen-bond donors (Lipinski definition) is 0. The highest BCUT2D eigenvalue weighted by molar-refractivity contribution is 7.08. The Hall–Kier alpha value is -1.56. The van der Waals surface area contributed by atoms with Crippen LogP contribution in [0.1, 0.15) is 45.6 Å². The Bertz CT molecular complexity index is 507. The highest BCUT2D eigenvalue weighted by atomic mass is 32.1. The number of amides is 2. The number of nitrogens with zero attached hydrogens (tertiary/aromatic N) is 2. The summed E-state index contributed by atoms with van der Waals surface area (Å²) in [5.41, 5.74) is 0.425. The molecule has 0 N–H and O–H groups in total. The second-order valence-corrected chi connectivity index (χ2v) is 6.98. The van der Waals surface area contributed by atoms with E-state index in [0.717, 1.165) is 12.0 Å². The fourth-order valence-electron chi connectivity index (χ4n) is 2.23. The molecular formula is C15H22N2O3S. The zero-order valence-electron chi connectivity index (χ0n) is 13.0. The Kier molecular flexibility index (Phi) is 4.56. The van der Waals surface area contributed by atoms with Gasteiger partial charge in [-0.25, -0.2) is 14.8 Å². The first kappa shape index (κ1) is 15.8. The average molecular weight is 310 g/mol. The van der Waals surface area contributed by atoms with Crippen molar-refractivity contribution in [2.45, 2.75) is 45.6 Å². The third kappa shape index (κ3) is 3.75. The maximum atomic E-state index is 12.6. The molecule has 1 aliphatic rings. The Morgan fingerprint density at radius 3 is 2.52 bits per heavy atom. The van der Waals surface area contributed by atoms with E-state index in [1.807, 2.05) is 44.5 Å². The zero-order chi connectivity index (χ0) is 15.6. The topological polar surface area (TPSA) is 49.9 Å². The van der Waals surface area contributed by atoms with Crippen LogP contribution in [0.2, 0.25) is 0 Å². The fourth-order valence-corrected chi connectivity index (χ4v) is 2.99. The highest BCUT2D eigenvalue weighted by Gasteiger charge is 2.35. The number of hydrogen-bond acceptors (Lipinski definition) is 4. The summed E-state index contributed by atoms with van der Waals surface area (Å²) in [4.78, 5) is 24.8. The number of carbonyl (C=O) groups is 2. The molecule has 1 aliphatic heterocycles. The number of ether oxygens (including phenoxy) is 1. The largest absolute Gasteiger partial charge is 0.442 e. The van der Waals surface area contributed by atoms with E-state index in [0.29, 0.717) is 13.1 Å². The molecule has 1 aromatic rings. The Morgan fingerprint density at radius 1 is 1.29 bits per heavy atom. The van der Waals surface area contributed by atoms with Crippen molar-refractivity contribution in [1.29, 1.82) is 0 Å². The van der Waals surface area contributed by atoms with Crippen molar-refractivity contribution in [3.05, 3.63) is 22.4 Å². The Labute approximate surface area is 129 Å². The van der Waals surface area contributed by atoms with E-state index >= 15 is 0 Å². The van der Waals surface area contributed by atoms with E-state index in [2.05, 4.69) is 0 Å². The van der Waals surface area contributed by atoms with Crippen LogP contribution in [0.15, 0.2) is 16.8 Å². The summed E-state index contributed by atoms with van der Waals surface area (Å²) >= 11 is 1.57. The quantitative estimate of drug-likeness (QED) is 0.842. The first-order valence-corrected chi connectivity index (χ1v) is 8.08. The summed E-state index contributed by atoms with van der Waals surface area (Å²) in [6.45, 7) is 8.42. The third-order valence-electron chi connectivity index (χ3n) is 3.30. The van der Waals surface area contributed by atoms with Gasteiger partial charge >= 0.3 is 6.09 Å². The van der Waals surface area contributed by atoms with Crippen LogP contribution < -0.4 is 0 Å². The van der Waals surface area contributed by atoms with Crippen LogP contribution in [0.4, 0.5) is 4.79 Å². The molecule has 0 bridgehead atoms. The van der Waals surface area contributed by atoms with Crippen molar-refractivity contribution in [2.24, 2.45) is 0 Å². The van der Waals surface area contributed by atoms with E-state index in [1.165, 1.54) is 10.0 Å². The van der Waals surface area contributed by atoms with Gasteiger partial charge < -0.3 is 4.74 Å². The van der Waals surface area contributed by atoms with Gasteiger partial charge in [0, 0.05) is 13.1 Å². The predicted octanol–water partition coefficient (Wildman–Crippen LogP) is 3.24. The van der Waals surface area contributed by atoms with E-state index in [1.54, 1.807) is 11.3 Å². The van der Waals surface area contributed by atoms with Crippen molar-refractivity contribution in [2.75, 3.05) is 13.1 Å². The molecule has 0 radical (unpaired) electrons. The fraction of sp³-hybridized carbons (Fsp3) is 0.600. The average Bonchev–Trinajstić information content (AvgIpc) is 3.05. The lowest BCUT2D eigenvalue weighted by atomic mass is 10.0. The van der Waals surface area contributed by atoms with Crippen LogP contribution >= 0.6 is 11.3 Å². The van der Waals surface area contributed by atoms with Gasteiger partial charge in [0.05, 0.1) is 5.92 Å². The molecule has 2 amide bonds. The minimum atomic E-state index is -0.562. The van der Waals surface area contributed by atoms with Gasteiger partial charge in [0.2, 0.25) is 5.91 Å². The van der Waals surface area contributed by atoms with Crippen molar-refractivity contribution in [1.82, 2.24) is 10.0 Å². The molecular weight excluding hydrogens is 288 g/mol. The van der Waals surface area contributed by atoms with Crippen molar-refractivity contribution in [3.63, 3.8) is 0 Å². The molecule has 116 valence electrons. The van der Waals surface area contributed by atoms with E-state index in [9.17, 15) is 9.59 Å². The van der Waals surface area contributed by atoms with Crippen molar-refractivity contribution >= 4 is 23.3 Å². The molecule has 21 heavy (non-hydrogen) atoms. The monoisotopic (exact) mass is 310 g/mol. The minimum Gasteiger partial charge on any atom is -0.442 e. The third-order valence-corrected chi connectivity index (χ3v) is 4.00. The van der Waals surface area contributed by atoms with Crippen molar-refractivity contribution < 1.29 is 14.3 Å². The van der Waals surface area contributed by atoms with Crippen LogP contribution in [-0.2, 0) is 9.53 Å². The van der Waals surface area contributed by atoms with Crippen LogP contribution in [0, 0.1) is 0 Å². The molecule has 6 heteroatoms. The molecule has 0 aromatic carbocycles. The Morgan fingerprint density at radius 2 is 1.95 bits per heavy atom. The van der Waals surface area contributed by atoms with Gasteiger partial charge in [-0.1, -0.05) is 0 Å². The summed E-state index contributed by atoms with van der Waals surface area (Å²) in [5.74, 6) is -0.309.